The highest BCUT2D eigenvalue weighted by Crippen LogP contribution is 2.35. The van der Waals surface area contributed by atoms with E-state index in [0.29, 0.717) is 32.4 Å². The van der Waals surface area contributed by atoms with Gasteiger partial charge in [0.25, 0.3) is 11.8 Å². The molecule has 2 aliphatic rings. The Balaban J connectivity index is 1.41. The summed E-state index contributed by atoms with van der Waals surface area (Å²) in [6.07, 6.45) is 5.05. The van der Waals surface area contributed by atoms with Gasteiger partial charge in [-0.3, -0.25) is 19.3 Å². The molecule has 1 aliphatic carbocycles. The van der Waals surface area contributed by atoms with Crippen molar-refractivity contribution in [1.82, 2.24) is 10.6 Å². The normalized spacial score (nSPS) is 18.6. The molecule has 6 rings (SSSR count). The van der Waals surface area contributed by atoms with Crippen molar-refractivity contribution in [3.8, 4) is 0 Å². The number of rotatable bonds is 7. The van der Waals surface area contributed by atoms with Gasteiger partial charge in [0.1, 0.15) is 11.7 Å². The van der Waals surface area contributed by atoms with Gasteiger partial charge in [0.2, 0.25) is 5.91 Å². The van der Waals surface area contributed by atoms with E-state index in [-0.39, 0.29) is 23.8 Å². The third kappa shape index (κ3) is 6.56. The van der Waals surface area contributed by atoms with E-state index in [1.54, 1.807) is 66.7 Å². The predicted octanol–water partition coefficient (Wildman–Crippen LogP) is 7.86. The summed E-state index contributed by atoms with van der Waals surface area (Å²) in [4.78, 5) is 43.1. The second-order valence-electron chi connectivity index (χ2n) is 11.8. The lowest BCUT2D eigenvalue weighted by atomic mass is 9.94. The van der Waals surface area contributed by atoms with Crippen LogP contribution in [0.2, 0.25) is 10.0 Å². The van der Waals surface area contributed by atoms with Crippen LogP contribution in [0, 0.1) is 0 Å². The summed E-state index contributed by atoms with van der Waals surface area (Å²) in [5.74, 6) is -0.836. The third-order valence-corrected chi connectivity index (χ3v) is 9.06. The van der Waals surface area contributed by atoms with Crippen molar-refractivity contribution in [2.45, 2.75) is 56.8 Å². The number of benzene rings is 4. The van der Waals surface area contributed by atoms with E-state index < -0.39 is 11.7 Å². The highest BCUT2D eigenvalue weighted by molar-refractivity contribution is 6.31. The quantitative estimate of drug-likeness (QED) is 0.192. The van der Waals surface area contributed by atoms with Crippen LogP contribution < -0.4 is 20.9 Å². The molecule has 2 unspecified atom stereocenters. The summed E-state index contributed by atoms with van der Waals surface area (Å²) < 4.78 is 0. The molecule has 9 heteroatoms. The van der Waals surface area contributed by atoms with E-state index in [0.717, 1.165) is 43.4 Å². The number of nitrogens with zero attached hydrogens (tertiary/aromatic N) is 1. The topological polar surface area (TPSA) is 90.5 Å². The summed E-state index contributed by atoms with van der Waals surface area (Å²) in [5, 5.41) is 10.7. The van der Waals surface area contributed by atoms with E-state index in [9.17, 15) is 14.4 Å². The fourth-order valence-electron chi connectivity index (χ4n) is 6.22. The second kappa shape index (κ2) is 13.0. The first-order chi connectivity index (χ1) is 21.7. The summed E-state index contributed by atoms with van der Waals surface area (Å²) in [5.41, 5.74) is 2.65. The molecular weight excluding hydrogens is 607 g/mol. The molecule has 3 N–H and O–H groups in total. The summed E-state index contributed by atoms with van der Waals surface area (Å²) in [6.45, 7) is 1.89. The first-order valence-electron chi connectivity index (χ1n) is 15.2. The van der Waals surface area contributed by atoms with Gasteiger partial charge in [0.05, 0.1) is 5.56 Å². The molecule has 0 aromatic heterocycles. The largest absolute Gasteiger partial charge is 0.359 e. The van der Waals surface area contributed by atoms with Crippen molar-refractivity contribution in [2.75, 3.05) is 10.2 Å². The first-order valence-corrected chi connectivity index (χ1v) is 15.9. The molecule has 0 radical (unpaired) electrons. The lowest BCUT2D eigenvalue weighted by Crippen LogP contribution is -2.52. The van der Waals surface area contributed by atoms with Gasteiger partial charge in [-0.1, -0.05) is 84.9 Å². The molecule has 0 saturated heterocycles. The van der Waals surface area contributed by atoms with Crippen LogP contribution in [0.3, 0.4) is 0 Å². The van der Waals surface area contributed by atoms with E-state index in [1.165, 1.54) is 4.90 Å². The second-order valence-corrected chi connectivity index (χ2v) is 12.7. The number of fused-ring (bicyclic) bond motifs is 1. The fraction of sp³-hybridized carbons (Fsp3) is 0.250. The molecular formula is C36H34Cl2N4O3. The van der Waals surface area contributed by atoms with Gasteiger partial charge in [-0.2, -0.15) is 0 Å². The molecule has 4 aromatic carbocycles. The van der Waals surface area contributed by atoms with Crippen LogP contribution in [0.5, 0.6) is 0 Å². The van der Waals surface area contributed by atoms with Crippen LogP contribution in [0.1, 0.15) is 76.9 Å². The van der Waals surface area contributed by atoms with Crippen LogP contribution in [0.4, 0.5) is 11.4 Å². The molecule has 0 bridgehead atoms. The van der Waals surface area contributed by atoms with E-state index in [4.69, 9.17) is 23.2 Å². The number of carbonyl (C=O) groups excluding carboxylic acids is 3. The smallest absolute Gasteiger partial charge is 0.259 e. The van der Waals surface area contributed by atoms with Gasteiger partial charge < -0.3 is 16.0 Å². The fourth-order valence-corrected chi connectivity index (χ4v) is 6.54. The molecule has 0 spiro atoms. The molecule has 4 aromatic rings. The number of amides is 3. The molecule has 1 fully saturated rings. The zero-order valence-corrected chi connectivity index (χ0v) is 26.4. The Morgan fingerprint density at radius 3 is 2.27 bits per heavy atom. The average molecular weight is 642 g/mol. The van der Waals surface area contributed by atoms with Crippen LogP contribution >= 0.6 is 23.2 Å². The standard InChI is InChI=1S/C36H34Cl2N4O3/c1-36(40-31-13-6-5-12-30(31)33(43)41-36)25-16-20-29(21-17-25)42(35(45)24-8-7-9-27(38)22-24)32(23-14-18-26(37)19-15-23)34(44)39-28-10-3-2-4-11-28/h5-9,12-22,28,32,40H,2-4,10-11H2,1H3,(H,39,44)(H,41,43). The Labute approximate surface area is 272 Å². The van der Waals surface area contributed by atoms with Crippen molar-refractivity contribution in [2.24, 2.45) is 0 Å². The van der Waals surface area contributed by atoms with Gasteiger partial charge in [-0.05, 0) is 85.5 Å². The Morgan fingerprint density at radius 1 is 0.844 bits per heavy atom. The Bertz CT molecular complexity index is 1720. The molecule has 45 heavy (non-hydrogen) atoms. The number of para-hydroxylation sites is 1. The number of anilines is 2. The SMILES string of the molecule is CC1(c2ccc(N(C(=O)c3cccc(Cl)c3)C(C(=O)NC3CCCCC3)c3ccc(Cl)cc3)cc2)NC(=O)c2ccccc2N1. The van der Waals surface area contributed by atoms with Crippen molar-refractivity contribution in [3.05, 3.63) is 129 Å². The summed E-state index contributed by atoms with van der Waals surface area (Å²) >= 11 is 12.5. The maximum atomic E-state index is 14.4. The van der Waals surface area contributed by atoms with E-state index >= 15 is 0 Å². The van der Waals surface area contributed by atoms with Crippen LogP contribution in [-0.2, 0) is 10.5 Å². The van der Waals surface area contributed by atoms with E-state index in [2.05, 4.69) is 16.0 Å². The number of halogens is 2. The zero-order valence-electron chi connectivity index (χ0n) is 24.9. The van der Waals surface area contributed by atoms with Crippen molar-refractivity contribution in [1.29, 1.82) is 0 Å². The van der Waals surface area contributed by atoms with E-state index in [1.807, 2.05) is 37.3 Å². The molecule has 1 aliphatic heterocycles. The molecule has 7 nitrogen and oxygen atoms in total. The Hall–Kier alpha value is -4.33. The third-order valence-electron chi connectivity index (χ3n) is 8.58. The predicted molar refractivity (Wildman–Crippen MR) is 179 cm³/mol. The van der Waals surface area contributed by atoms with Gasteiger partial charge in [0.15, 0.2) is 0 Å². The highest BCUT2D eigenvalue weighted by Gasteiger charge is 2.37. The average Bonchev–Trinajstić information content (AvgIpc) is 3.04. The minimum Gasteiger partial charge on any atom is -0.359 e. The van der Waals surface area contributed by atoms with Gasteiger partial charge in [-0.15, -0.1) is 0 Å². The minimum atomic E-state index is -0.989. The van der Waals surface area contributed by atoms with Gasteiger partial charge in [-0.25, -0.2) is 0 Å². The van der Waals surface area contributed by atoms with Crippen molar-refractivity contribution < 1.29 is 14.4 Å². The lowest BCUT2D eigenvalue weighted by molar-refractivity contribution is -0.123. The summed E-state index contributed by atoms with van der Waals surface area (Å²) in [6, 6.07) is 27.4. The number of nitrogens with one attached hydrogen (secondary N) is 3. The number of carbonyl (C=O) groups is 3. The minimum absolute atomic E-state index is 0.0374. The molecule has 3 amide bonds. The van der Waals surface area contributed by atoms with Gasteiger partial charge >= 0.3 is 0 Å². The Kier molecular flexibility index (Phi) is 8.83. The van der Waals surface area contributed by atoms with Crippen molar-refractivity contribution >= 4 is 52.3 Å². The first kappa shape index (κ1) is 30.7. The summed E-state index contributed by atoms with van der Waals surface area (Å²) in [7, 11) is 0. The van der Waals surface area contributed by atoms with Crippen molar-refractivity contribution in [3.63, 3.8) is 0 Å². The lowest BCUT2D eigenvalue weighted by Gasteiger charge is -2.38. The number of hydrogen-bond acceptors (Lipinski definition) is 4. The van der Waals surface area contributed by atoms with Crippen LogP contribution in [0.15, 0.2) is 97.1 Å². The number of hydrogen-bond donors (Lipinski definition) is 3. The maximum absolute atomic E-state index is 14.4. The molecule has 2 atom stereocenters. The Morgan fingerprint density at radius 2 is 1.56 bits per heavy atom. The van der Waals surface area contributed by atoms with Crippen LogP contribution in [-0.4, -0.2) is 23.8 Å². The molecule has 1 heterocycles. The maximum Gasteiger partial charge on any atom is 0.259 e. The highest BCUT2D eigenvalue weighted by atomic mass is 35.5. The molecule has 1 saturated carbocycles. The van der Waals surface area contributed by atoms with Crippen LogP contribution in [0.25, 0.3) is 0 Å². The zero-order chi connectivity index (χ0) is 31.6. The van der Waals surface area contributed by atoms with Gasteiger partial charge in [0, 0.05) is 33.0 Å². The monoisotopic (exact) mass is 640 g/mol. The molecule has 230 valence electrons.